The molecule has 0 aliphatic heterocycles. The second-order valence-electron chi connectivity index (χ2n) is 4.27. The standard InChI is InChI=1S/C14H9NO4/c1-8-10(15(17)18)6-7-12-13(8)14(16)9-4-2-3-5-11(9)19-12/h2-7H,1H3. The summed E-state index contributed by atoms with van der Waals surface area (Å²) in [6.07, 6.45) is 0. The predicted octanol–water partition coefficient (Wildman–Crippen LogP) is 3.16. The van der Waals surface area contributed by atoms with Crippen molar-refractivity contribution in [2.45, 2.75) is 6.92 Å². The third kappa shape index (κ3) is 1.59. The number of aryl methyl sites for hydroxylation is 1. The fourth-order valence-electron chi connectivity index (χ4n) is 2.24. The van der Waals surface area contributed by atoms with Gasteiger partial charge in [-0.2, -0.15) is 0 Å². The Balaban J connectivity index is 2.57. The van der Waals surface area contributed by atoms with Gasteiger partial charge < -0.3 is 4.42 Å². The molecule has 0 fully saturated rings. The van der Waals surface area contributed by atoms with Crippen LogP contribution in [0.2, 0.25) is 0 Å². The molecule has 0 saturated heterocycles. The van der Waals surface area contributed by atoms with Crippen LogP contribution in [0.1, 0.15) is 5.56 Å². The van der Waals surface area contributed by atoms with Gasteiger partial charge in [-0.3, -0.25) is 14.9 Å². The van der Waals surface area contributed by atoms with Crippen LogP contribution >= 0.6 is 0 Å². The first-order valence-corrected chi connectivity index (χ1v) is 5.69. The molecule has 3 aromatic rings. The zero-order chi connectivity index (χ0) is 13.6. The van der Waals surface area contributed by atoms with Gasteiger partial charge in [0, 0.05) is 11.6 Å². The lowest BCUT2D eigenvalue weighted by Crippen LogP contribution is -2.05. The van der Waals surface area contributed by atoms with Gasteiger partial charge in [-0.25, -0.2) is 0 Å². The van der Waals surface area contributed by atoms with Crippen LogP contribution in [-0.4, -0.2) is 4.92 Å². The molecule has 0 N–H and O–H groups in total. The molecule has 0 aliphatic rings. The fraction of sp³-hybridized carbons (Fsp3) is 0.0714. The van der Waals surface area contributed by atoms with Crippen molar-refractivity contribution in [2.75, 3.05) is 0 Å². The van der Waals surface area contributed by atoms with Gasteiger partial charge >= 0.3 is 0 Å². The van der Waals surface area contributed by atoms with E-state index >= 15 is 0 Å². The van der Waals surface area contributed by atoms with E-state index in [1.807, 2.05) is 0 Å². The highest BCUT2D eigenvalue weighted by Crippen LogP contribution is 2.27. The SMILES string of the molecule is Cc1c([N+](=O)[O-])ccc2oc3ccccc3c(=O)c12. The monoisotopic (exact) mass is 255 g/mol. The number of hydrogen-bond acceptors (Lipinski definition) is 4. The number of rotatable bonds is 1. The van der Waals surface area contributed by atoms with Crippen molar-refractivity contribution in [3.8, 4) is 0 Å². The number of fused-ring (bicyclic) bond motifs is 2. The van der Waals surface area contributed by atoms with Crippen LogP contribution in [0.5, 0.6) is 0 Å². The highest BCUT2D eigenvalue weighted by atomic mass is 16.6. The second kappa shape index (κ2) is 3.91. The van der Waals surface area contributed by atoms with Crippen molar-refractivity contribution in [3.63, 3.8) is 0 Å². The third-order valence-corrected chi connectivity index (χ3v) is 3.17. The number of nitrogens with zero attached hydrogens (tertiary/aromatic N) is 1. The lowest BCUT2D eigenvalue weighted by Gasteiger charge is -2.04. The Bertz CT molecular complexity index is 880. The molecule has 0 unspecified atom stereocenters. The van der Waals surface area contributed by atoms with E-state index in [2.05, 4.69) is 0 Å². The molecule has 5 nitrogen and oxygen atoms in total. The molecule has 1 aromatic heterocycles. The average Bonchev–Trinajstić information content (AvgIpc) is 2.38. The van der Waals surface area contributed by atoms with Gasteiger partial charge in [-0.1, -0.05) is 12.1 Å². The predicted molar refractivity (Wildman–Crippen MR) is 71.4 cm³/mol. The Hall–Kier alpha value is -2.69. The molecule has 0 amide bonds. The smallest absolute Gasteiger partial charge is 0.273 e. The van der Waals surface area contributed by atoms with Crippen LogP contribution in [0.15, 0.2) is 45.6 Å². The highest BCUT2D eigenvalue weighted by molar-refractivity contribution is 5.93. The molecule has 1 heterocycles. The third-order valence-electron chi connectivity index (χ3n) is 3.17. The van der Waals surface area contributed by atoms with Gasteiger partial charge in [-0.05, 0) is 25.1 Å². The number of para-hydroxylation sites is 1. The summed E-state index contributed by atoms with van der Waals surface area (Å²) in [6, 6.07) is 9.68. The van der Waals surface area contributed by atoms with E-state index in [9.17, 15) is 14.9 Å². The van der Waals surface area contributed by atoms with Gasteiger partial charge in [0.1, 0.15) is 11.2 Å². The van der Waals surface area contributed by atoms with Gasteiger partial charge in [-0.15, -0.1) is 0 Å². The van der Waals surface area contributed by atoms with Crippen LogP contribution < -0.4 is 5.43 Å². The molecular formula is C14H9NO4. The van der Waals surface area contributed by atoms with E-state index in [-0.39, 0.29) is 16.5 Å². The van der Waals surface area contributed by atoms with E-state index < -0.39 is 4.92 Å². The maximum Gasteiger partial charge on any atom is 0.273 e. The van der Waals surface area contributed by atoms with E-state index in [0.717, 1.165) is 0 Å². The van der Waals surface area contributed by atoms with Crippen molar-refractivity contribution in [1.82, 2.24) is 0 Å². The molecule has 0 radical (unpaired) electrons. The maximum absolute atomic E-state index is 12.4. The average molecular weight is 255 g/mol. The van der Waals surface area contributed by atoms with Crippen molar-refractivity contribution >= 4 is 27.6 Å². The molecule has 5 heteroatoms. The number of nitro benzene ring substituents is 1. The topological polar surface area (TPSA) is 73.3 Å². The minimum Gasteiger partial charge on any atom is -0.456 e. The Labute approximate surface area is 107 Å². The molecule has 2 aromatic carbocycles. The lowest BCUT2D eigenvalue weighted by atomic mass is 10.1. The number of nitro groups is 1. The van der Waals surface area contributed by atoms with E-state index in [0.29, 0.717) is 22.1 Å². The molecule has 0 aliphatic carbocycles. The lowest BCUT2D eigenvalue weighted by molar-refractivity contribution is -0.385. The van der Waals surface area contributed by atoms with Gasteiger partial charge in [0.25, 0.3) is 5.69 Å². The summed E-state index contributed by atoms with van der Waals surface area (Å²) in [5.74, 6) is 0. The molecular weight excluding hydrogens is 246 g/mol. The van der Waals surface area contributed by atoms with Crippen molar-refractivity contribution in [2.24, 2.45) is 0 Å². The zero-order valence-electron chi connectivity index (χ0n) is 10.0. The molecule has 19 heavy (non-hydrogen) atoms. The van der Waals surface area contributed by atoms with Crippen LogP contribution in [0.25, 0.3) is 21.9 Å². The summed E-state index contributed by atoms with van der Waals surface area (Å²) in [5.41, 5.74) is 0.871. The molecule has 94 valence electrons. The summed E-state index contributed by atoms with van der Waals surface area (Å²) >= 11 is 0. The normalized spacial score (nSPS) is 11.0. The van der Waals surface area contributed by atoms with E-state index in [1.165, 1.54) is 12.1 Å². The van der Waals surface area contributed by atoms with Crippen molar-refractivity contribution in [3.05, 3.63) is 62.3 Å². The Morgan fingerprint density at radius 2 is 1.84 bits per heavy atom. The zero-order valence-corrected chi connectivity index (χ0v) is 10.0. The van der Waals surface area contributed by atoms with Crippen molar-refractivity contribution < 1.29 is 9.34 Å². The Morgan fingerprint density at radius 3 is 2.58 bits per heavy atom. The molecule has 0 spiro atoms. The minimum absolute atomic E-state index is 0.0740. The minimum atomic E-state index is -0.497. The summed E-state index contributed by atoms with van der Waals surface area (Å²) in [7, 11) is 0. The number of benzene rings is 2. The van der Waals surface area contributed by atoms with Crippen LogP contribution in [0.3, 0.4) is 0 Å². The quantitative estimate of drug-likeness (QED) is 0.380. The maximum atomic E-state index is 12.4. The molecule has 0 bridgehead atoms. The second-order valence-corrected chi connectivity index (χ2v) is 4.27. The van der Waals surface area contributed by atoms with E-state index in [1.54, 1.807) is 31.2 Å². The summed E-state index contributed by atoms with van der Waals surface area (Å²) in [4.78, 5) is 22.8. The fourth-order valence-corrected chi connectivity index (χ4v) is 2.24. The van der Waals surface area contributed by atoms with Gasteiger partial charge in [0.05, 0.1) is 15.7 Å². The largest absolute Gasteiger partial charge is 0.456 e. The van der Waals surface area contributed by atoms with Crippen LogP contribution in [0, 0.1) is 17.0 Å². The molecule has 0 atom stereocenters. The highest BCUT2D eigenvalue weighted by Gasteiger charge is 2.17. The van der Waals surface area contributed by atoms with E-state index in [4.69, 9.17) is 4.42 Å². The van der Waals surface area contributed by atoms with Gasteiger partial charge in [0.2, 0.25) is 5.43 Å². The molecule has 0 saturated carbocycles. The molecule has 3 rings (SSSR count). The van der Waals surface area contributed by atoms with Crippen LogP contribution in [0.4, 0.5) is 5.69 Å². The Morgan fingerprint density at radius 1 is 1.11 bits per heavy atom. The first-order chi connectivity index (χ1) is 9.09. The van der Waals surface area contributed by atoms with Crippen LogP contribution in [-0.2, 0) is 0 Å². The first kappa shape index (κ1) is 11.4. The van der Waals surface area contributed by atoms with Crippen molar-refractivity contribution in [1.29, 1.82) is 0 Å². The summed E-state index contributed by atoms with van der Waals surface area (Å²) in [5, 5.41) is 11.6. The number of hydrogen-bond donors (Lipinski definition) is 0. The Kier molecular flexibility index (Phi) is 2.35. The summed E-state index contributed by atoms with van der Waals surface area (Å²) < 4.78 is 5.62. The van der Waals surface area contributed by atoms with Gasteiger partial charge in [0.15, 0.2) is 0 Å². The summed E-state index contributed by atoms with van der Waals surface area (Å²) in [6.45, 7) is 1.56. The first-order valence-electron chi connectivity index (χ1n) is 5.69.